The van der Waals surface area contributed by atoms with E-state index in [1.54, 1.807) is 7.11 Å². The monoisotopic (exact) mass is 337 g/mol. The minimum Gasteiger partial charge on any atom is -0.496 e. The van der Waals surface area contributed by atoms with Crippen LogP contribution in [0.5, 0.6) is 5.75 Å². The molecular weight excluding hydrogens is 310 g/mol. The van der Waals surface area contributed by atoms with E-state index in [0.29, 0.717) is 6.42 Å². The highest BCUT2D eigenvalue weighted by Gasteiger charge is 2.15. The van der Waals surface area contributed by atoms with E-state index in [0.717, 1.165) is 17.7 Å². The third-order valence-corrected chi connectivity index (χ3v) is 5.10. The average Bonchev–Trinajstić information content (AvgIpc) is 3.07. The van der Waals surface area contributed by atoms with Gasteiger partial charge in [-0.3, -0.25) is 4.79 Å². The normalized spacial score (nSPS) is 14.0. The molecule has 3 heteroatoms. The summed E-state index contributed by atoms with van der Waals surface area (Å²) in [7, 11) is 1.68. The van der Waals surface area contributed by atoms with E-state index in [1.807, 2.05) is 19.1 Å². The first kappa shape index (κ1) is 17.5. The number of hydrogen-bond donors (Lipinski definition) is 1. The summed E-state index contributed by atoms with van der Waals surface area (Å²) >= 11 is 0. The third-order valence-electron chi connectivity index (χ3n) is 5.10. The van der Waals surface area contributed by atoms with Crippen LogP contribution in [0.4, 0.5) is 0 Å². The van der Waals surface area contributed by atoms with Gasteiger partial charge in [-0.2, -0.15) is 0 Å². The van der Waals surface area contributed by atoms with Gasteiger partial charge < -0.3 is 10.1 Å². The molecule has 0 spiro atoms. The lowest BCUT2D eigenvalue weighted by Crippen LogP contribution is -2.26. The Balaban J connectivity index is 1.54. The fourth-order valence-electron chi connectivity index (χ4n) is 3.61. The van der Waals surface area contributed by atoms with Crippen molar-refractivity contribution in [1.29, 1.82) is 0 Å². The number of fused-ring (bicyclic) bond motifs is 1. The molecule has 1 aliphatic rings. The van der Waals surface area contributed by atoms with Crippen LogP contribution in [0.3, 0.4) is 0 Å². The van der Waals surface area contributed by atoms with Crippen molar-refractivity contribution in [3.8, 4) is 5.75 Å². The zero-order valence-electron chi connectivity index (χ0n) is 15.4. The minimum absolute atomic E-state index is 0.0519. The van der Waals surface area contributed by atoms with Crippen LogP contribution in [-0.4, -0.2) is 13.0 Å². The molecule has 3 rings (SSSR count). The van der Waals surface area contributed by atoms with Gasteiger partial charge in [-0.1, -0.05) is 30.3 Å². The van der Waals surface area contributed by atoms with Crippen molar-refractivity contribution in [3.05, 3.63) is 64.2 Å². The summed E-state index contributed by atoms with van der Waals surface area (Å²) in [5, 5.41) is 3.13. The lowest BCUT2D eigenvalue weighted by molar-refractivity contribution is -0.121. The number of carbonyl (C=O) groups is 1. The molecule has 0 heterocycles. The van der Waals surface area contributed by atoms with Crippen LogP contribution in [0.25, 0.3) is 0 Å². The molecule has 0 aliphatic heterocycles. The number of aryl methyl sites for hydroxylation is 4. The molecule has 0 fully saturated rings. The van der Waals surface area contributed by atoms with Gasteiger partial charge in [0.1, 0.15) is 5.75 Å². The predicted molar refractivity (Wildman–Crippen MR) is 101 cm³/mol. The van der Waals surface area contributed by atoms with Crippen LogP contribution in [-0.2, 0) is 24.1 Å². The highest BCUT2D eigenvalue weighted by molar-refractivity contribution is 5.76. The van der Waals surface area contributed by atoms with Crippen molar-refractivity contribution in [2.75, 3.05) is 7.11 Å². The van der Waals surface area contributed by atoms with Crippen molar-refractivity contribution in [2.45, 2.75) is 52.0 Å². The van der Waals surface area contributed by atoms with Crippen LogP contribution in [0.2, 0.25) is 0 Å². The maximum absolute atomic E-state index is 12.3. The van der Waals surface area contributed by atoms with Gasteiger partial charge in [0.25, 0.3) is 0 Å². The number of hydrogen-bond acceptors (Lipinski definition) is 2. The lowest BCUT2D eigenvalue weighted by atomic mass is 10.0. The van der Waals surface area contributed by atoms with Crippen LogP contribution < -0.4 is 10.1 Å². The second-order valence-corrected chi connectivity index (χ2v) is 6.97. The van der Waals surface area contributed by atoms with Crippen molar-refractivity contribution in [3.63, 3.8) is 0 Å². The van der Waals surface area contributed by atoms with E-state index in [2.05, 4.69) is 36.5 Å². The summed E-state index contributed by atoms with van der Waals surface area (Å²) in [6.45, 7) is 4.09. The standard InChI is InChI=1S/C22H27NO2/c1-15-13-17(7-11-21(15)25-3)8-12-22(24)23-16(2)19-10-9-18-5-4-6-20(18)14-19/h7,9-11,13-14,16H,4-6,8,12H2,1-3H3,(H,23,24). The van der Waals surface area contributed by atoms with Gasteiger partial charge in [-0.05, 0) is 73.4 Å². The van der Waals surface area contributed by atoms with E-state index in [1.165, 1.54) is 41.5 Å². The Morgan fingerprint density at radius 2 is 1.96 bits per heavy atom. The molecular formula is C22H27NO2. The molecule has 25 heavy (non-hydrogen) atoms. The molecule has 2 aromatic carbocycles. The van der Waals surface area contributed by atoms with Crippen molar-refractivity contribution in [2.24, 2.45) is 0 Å². The van der Waals surface area contributed by atoms with Gasteiger partial charge in [0.2, 0.25) is 5.91 Å². The maximum atomic E-state index is 12.3. The molecule has 1 amide bonds. The minimum atomic E-state index is 0.0519. The Morgan fingerprint density at radius 1 is 1.16 bits per heavy atom. The molecule has 3 nitrogen and oxygen atoms in total. The zero-order valence-corrected chi connectivity index (χ0v) is 15.4. The maximum Gasteiger partial charge on any atom is 0.220 e. The first-order valence-electron chi connectivity index (χ1n) is 9.11. The Bertz CT molecular complexity index is 767. The summed E-state index contributed by atoms with van der Waals surface area (Å²) < 4.78 is 5.28. The van der Waals surface area contributed by atoms with Crippen LogP contribution in [0.15, 0.2) is 36.4 Å². The highest BCUT2D eigenvalue weighted by Crippen LogP contribution is 2.25. The fraction of sp³-hybridized carbons (Fsp3) is 0.409. The Hall–Kier alpha value is -2.29. The Morgan fingerprint density at radius 3 is 2.72 bits per heavy atom. The number of methoxy groups -OCH3 is 1. The fourth-order valence-corrected chi connectivity index (χ4v) is 3.61. The Kier molecular flexibility index (Phi) is 5.42. The second kappa shape index (κ2) is 7.73. The summed E-state index contributed by atoms with van der Waals surface area (Å²) in [5.41, 5.74) is 6.39. The molecule has 0 saturated carbocycles. The summed E-state index contributed by atoms with van der Waals surface area (Å²) in [6.07, 6.45) is 4.85. The number of carbonyl (C=O) groups excluding carboxylic acids is 1. The number of rotatable bonds is 6. The lowest BCUT2D eigenvalue weighted by Gasteiger charge is -2.16. The summed E-state index contributed by atoms with van der Waals surface area (Å²) in [4.78, 5) is 12.3. The van der Waals surface area contributed by atoms with E-state index < -0.39 is 0 Å². The quantitative estimate of drug-likeness (QED) is 0.853. The van der Waals surface area contributed by atoms with Gasteiger partial charge in [-0.15, -0.1) is 0 Å². The number of benzene rings is 2. The topological polar surface area (TPSA) is 38.3 Å². The molecule has 1 atom stereocenters. The van der Waals surface area contributed by atoms with Crippen LogP contribution in [0, 0.1) is 6.92 Å². The summed E-state index contributed by atoms with van der Waals surface area (Å²) in [5.74, 6) is 0.986. The largest absolute Gasteiger partial charge is 0.496 e. The Labute approximate surface area is 150 Å². The first-order chi connectivity index (χ1) is 12.1. The van der Waals surface area contributed by atoms with Gasteiger partial charge >= 0.3 is 0 Å². The molecule has 0 bridgehead atoms. The molecule has 1 unspecified atom stereocenters. The van der Waals surface area contributed by atoms with Gasteiger partial charge in [0.15, 0.2) is 0 Å². The molecule has 0 saturated heterocycles. The third kappa shape index (κ3) is 4.22. The van der Waals surface area contributed by atoms with E-state index >= 15 is 0 Å². The second-order valence-electron chi connectivity index (χ2n) is 6.97. The predicted octanol–water partition coefficient (Wildman–Crippen LogP) is 4.30. The zero-order chi connectivity index (χ0) is 17.8. The molecule has 132 valence electrons. The smallest absolute Gasteiger partial charge is 0.220 e. The van der Waals surface area contributed by atoms with Crippen LogP contribution >= 0.6 is 0 Å². The number of amides is 1. The van der Waals surface area contributed by atoms with E-state index in [9.17, 15) is 4.79 Å². The van der Waals surface area contributed by atoms with Crippen molar-refractivity contribution < 1.29 is 9.53 Å². The van der Waals surface area contributed by atoms with Gasteiger partial charge in [0, 0.05) is 6.42 Å². The van der Waals surface area contributed by atoms with E-state index in [4.69, 9.17) is 4.74 Å². The molecule has 0 radical (unpaired) electrons. The van der Waals surface area contributed by atoms with Crippen LogP contribution in [0.1, 0.15) is 53.6 Å². The van der Waals surface area contributed by atoms with Gasteiger partial charge in [-0.25, -0.2) is 0 Å². The highest BCUT2D eigenvalue weighted by atomic mass is 16.5. The molecule has 1 aliphatic carbocycles. The molecule has 0 aromatic heterocycles. The first-order valence-corrected chi connectivity index (χ1v) is 9.11. The van der Waals surface area contributed by atoms with Crippen molar-refractivity contribution in [1.82, 2.24) is 5.32 Å². The van der Waals surface area contributed by atoms with Crippen molar-refractivity contribution >= 4 is 5.91 Å². The SMILES string of the molecule is COc1ccc(CCC(=O)NC(C)c2ccc3c(c2)CCC3)cc1C. The van der Waals surface area contributed by atoms with Gasteiger partial charge in [0.05, 0.1) is 13.2 Å². The van der Waals surface area contributed by atoms with E-state index in [-0.39, 0.29) is 11.9 Å². The number of nitrogens with one attached hydrogen (secondary N) is 1. The number of ether oxygens (including phenoxy) is 1. The molecule has 2 aromatic rings. The molecule has 1 N–H and O–H groups in total. The summed E-state index contributed by atoms with van der Waals surface area (Å²) in [6, 6.07) is 12.8. The average molecular weight is 337 g/mol.